The van der Waals surface area contributed by atoms with E-state index in [1.54, 1.807) is 0 Å². The van der Waals surface area contributed by atoms with Crippen molar-refractivity contribution in [3.63, 3.8) is 0 Å². The lowest BCUT2D eigenvalue weighted by Gasteiger charge is -2.35. The number of hydrogen-bond donors (Lipinski definition) is 1. The van der Waals surface area contributed by atoms with Gasteiger partial charge in [0.25, 0.3) is 0 Å². The Hall–Kier alpha value is -2.41. The SMILES string of the molecule is Cc1cc(CN2CCN(c3ccc(NC(=O)C4CC4)nc3)CC2)no1. The number of amides is 1. The molecule has 25 heavy (non-hydrogen) atoms. The normalized spacial score (nSPS) is 18.4. The Balaban J connectivity index is 1.29. The van der Waals surface area contributed by atoms with Crippen LogP contribution in [0, 0.1) is 12.8 Å². The first-order valence-corrected chi connectivity index (χ1v) is 8.84. The van der Waals surface area contributed by atoms with E-state index in [0.29, 0.717) is 5.82 Å². The van der Waals surface area contributed by atoms with Crippen molar-refractivity contribution in [1.82, 2.24) is 15.0 Å². The molecule has 1 amide bonds. The molecule has 7 nitrogen and oxygen atoms in total. The molecule has 0 unspecified atom stereocenters. The molecule has 132 valence electrons. The van der Waals surface area contributed by atoms with Crippen molar-refractivity contribution in [2.75, 3.05) is 36.4 Å². The summed E-state index contributed by atoms with van der Waals surface area (Å²) in [4.78, 5) is 20.9. The minimum atomic E-state index is 0.0944. The monoisotopic (exact) mass is 341 g/mol. The number of hydrogen-bond acceptors (Lipinski definition) is 6. The van der Waals surface area contributed by atoms with Crippen LogP contribution in [-0.2, 0) is 11.3 Å². The molecule has 1 aliphatic carbocycles. The van der Waals surface area contributed by atoms with Gasteiger partial charge >= 0.3 is 0 Å². The minimum Gasteiger partial charge on any atom is -0.368 e. The first-order chi connectivity index (χ1) is 12.2. The molecule has 2 aromatic heterocycles. The molecular weight excluding hydrogens is 318 g/mol. The van der Waals surface area contributed by atoms with Gasteiger partial charge in [-0.25, -0.2) is 4.98 Å². The van der Waals surface area contributed by atoms with Crippen LogP contribution < -0.4 is 10.2 Å². The van der Waals surface area contributed by atoms with Crippen molar-refractivity contribution in [3.8, 4) is 0 Å². The average Bonchev–Trinajstić information content (AvgIpc) is 3.40. The van der Waals surface area contributed by atoms with Crippen LogP contribution >= 0.6 is 0 Å². The predicted molar refractivity (Wildman–Crippen MR) is 94.3 cm³/mol. The van der Waals surface area contributed by atoms with E-state index in [1.165, 1.54) is 0 Å². The summed E-state index contributed by atoms with van der Waals surface area (Å²) < 4.78 is 5.13. The highest BCUT2D eigenvalue weighted by Gasteiger charge is 2.29. The fraction of sp³-hybridized carbons (Fsp3) is 0.500. The Labute approximate surface area is 147 Å². The Morgan fingerprint density at radius 1 is 1.28 bits per heavy atom. The number of nitrogens with one attached hydrogen (secondary N) is 1. The first-order valence-electron chi connectivity index (χ1n) is 8.84. The number of nitrogens with zero attached hydrogens (tertiary/aromatic N) is 4. The number of aromatic nitrogens is 2. The Kier molecular flexibility index (Phi) is 4.40. The molecule has 0 spiro atoms. The van der Waals surface area contributed by atoms with Gasteiger partial charge in [0.05, 0.1) is 17.6 Å². The molecule has 0 bridgehead atoms. The summed E-state index contributed by atoms with van der Waals surface area (Å²) in [5, 5.41) is 6.94. The van der Waals surface area contributed by atoms with Crippen molar-refractivity contribution in [2.45, 2.75) is 26.3 Å². The summed E-state index contributed by atoms with van der Waals surface area (Å²) in [5.74, 6) is 1.79. The zero-order chi connectivity index (χ0) is 17.2. The summed E-state index contributed by atoms with van der Waals surface area (Å²) in [6, 6.07) is 5.91. The molecule has 0 aromatic carbocycles. The third kappa shape index (κ3) is 3.99. The Bertz CT molecular complexity index is 730. The summed E-state index contributed by atoms with van der Waals surface area (Å²) in [7, 11) is 0. The number of rotatable bonds is 5. The lowest BCUT2D eigenvalue weighted by Crippen LogP contribution is -2.46. The number of pyridine rings is 1. The van der Waals surface area contributed by atoms with Gasteiger partial charge in [-0.2, -0.15) is 0 Å². The average molecular weight is 341 g/mol. The molecule has 1 saturated heterocycles. The zero-order valence-electron chi connectivity index (χ0n) is 14.4. The van der Waals surface area contributed by atoms with Gasteiger partial charge in [0.2, 0.25) is 5.91 Å². The molecule has 2 aliphatic rings. The van der Waals surface area contributed by atoms with E-state index in [2.05, 4.69) is 25.3 Å². The summed E-state index contributed by atoms with van der Waals surface area (Å²) in [6.07, 6.45) is 3.85. The van der Waals surface area contributed by atoms with Gasteiger partial charge in [0.1, 0.15) is 11.6 Å². The molecule has 2 aromatic rings. The molecule has 0 atom stereocenters. The molecule has 2 fully saturated rings. The highest BCUT2D eigenvalue weighted by atomic mass is 16.5. The summed E-state index contributed by atoms with van der Waals surface area (Å²) in [5.41, 5.74) is 2.09. The number of anilines is 2. The Morgan fingerprint density at radius 3 is 2.68 bits per heavy atom. The zero-order valence-corrected chi connectivity index (χ0v) is 14.4. The molecule has 0 radical (unpaired) electrons. The number of carbonyl (C=O) groups excluding carboxylic acids is 1. The van der Waals surface area contributed by atoms with Crippen molar-refractivity contribution in [3.05, 3.63) is 35.9 Å². The topological polar surface area (TPSA) is 74.5 Å². The smallest absolute Gasteiger partial charge is 0.228 e. The van der Waals surface area contributed by atoms with Crippen LogP contribution in [-0.4, -0.2) is 47.1 Å². The van der Waals surface area contributed by atoms with E-state index < -0.39 is 0 Å². The van der Waals surface area contributed by atoms with E-state index in [-0.39, 0.29) is 11.8 Å². The van der Waals surface area contributed by atoms with Gasteiger partial charge in [-0.05, 0) is 31.9 Å². The van der Waals surface area contributed by atoms with E-state index in [4.69, 9.17) is 4.52 Å². The second-order valence-corrected chi connectivity index (χ2v) is 6.86. The van der Waals surface area contributed by atoms with Crippen LogP contribution in [0.5, 0.6) is 0 Å². The van der Waals surface area contributed by atoms with Gasteiger partial charge in [-0.3, -0.25) is 9.69 Å². The van der Waals surface area contributed by atoms with Crippen LogP contribution in [0.15, 0.2) is 28.9 Å². The van der Waals surface area contributed by atoms with Crippen LogP contribution in [0.1, 0.15) is 24.3 Å². The fourth-order valence-corrected chi connectivity index (χ4v) is 3.11. The maximum atomic E-state index is 11.8. The standard InChI is InChI=1S/C18H23N5O2/c1-13-10-15(21-25-13)12-22-6-8-23(9-7-22)16-4-5-17(19-11-16)20-18(24)14-2-3-14/h4-5,10-11,14H,2-3,6-9,12H2,1H3,(H,19,20,24). The fourth-order valence-electron chi connectivity index (χ4n) is 3.11. The number of piperazine rings is 1. The van der Waals surface area contributed by atoms with Gasteiger partial charge in [0, 0.05) is 44.7 Å². The molecule has 4 rings (SSSR count). The van der Waals surface area contributed by atoms with Crippen molar-refractivity contribution in [2.24, 2.45) is 5.92 Å². The second kappa shape index (κ2) is 6.84. The van der Waals surface area contributed by atoms with Crippen LogP contribution in [0.4, 0.5) is 11.5 Å². The minimum absolute atomic E-state index is 0.0944. The molecule has 3 heterocycles. The van der Waals surface area contributed by atoms with Crippen molar-refractivity contribution in [1.29, 1.82) is 0 Å². The third-order valence-corrected chi connectivity index (χ3v) is 4.75. The summed E-state index contributed by atoms with van der Waals surface area (Å²) >= 11 is 0. The van der Waals surface area contributed by atoms with E-state index >= 15 is 0 Å². The molecule has 1 saturated carbocycles. The lowest BCUT2D eigenvalue weighted by atomic mass is 10.2. The third-order valence-electron chi connectivity index (χ3n) is 4.75. The van der Waals surface area contributed by atoms with Gasteiger partial charge in [-0.15, -0.1) is 0 Å². The van der Waals surface area contributed by atoms with Gasteiger partial charge in [0.15, 0.2) is 0 Å². The molecular formula is C18H23N5O2. The summed E-state index contributed by atoms with van der Waals surface area (Å²) in [6.45, 7) is 6.60. The number of carbonyl (C=O) groups is 1. The van der Waals surface area contributed by atoms with Crippen molar-refractivity contribution < 1.29 is 9.32 Å². The van der Waals surface area contributed by atoms with E-state index in [9.17, 15) is 4.79 Å². The molecule has 7 heteroatoms. The van der Waals surface area contributed by atoms with Crippen LogP contribution in [0.25, 0.3) is 0 Å². The largest absolute Gasteiger partial charge is 0.368 e. The van der Waals surface area contributed by atoms with Gasteiger partial charge < -0.3 is 14.7 Å². The maximum Gasteiger partial charge on any atom is 0.228 e. The second-order valence-electron chi connectivity index (χ2n) is 6.86. The highest BCUT2D eigenvalue weighted by Crippen LogP contribution is 2.30. The van der Waals surface area contributed by atoms with E-state index in [1.807, 2.05) is 31.3 Å². The highest BCUT2D eigenvalue weighted by molar-refractivity contribution is 5.93. The quantitative estimate of drug-likeness (QED) is 0.897. The van der Waals surface area contributed by atoms with Crippen LogP contribution in [0.2, 0.25) is 0 Å². The number of aryl methyl sites for hydroxylation is 1. The molecule has 1 aliphatic heterocycles. The van der Waals surface area contributed by atoms with Crippen molar-refractivity contribution >= 4 is 17.4 Å². The molecule has 1 N–H and O–H groups in total. The van der Waals surface area contributed by atoms with E-state index in [0.717, 1.165) is 62.7 Å². The Morgan fingerprint density at radius 2 is 2.08 bits per heavy atom. The maximum absolute atomic E-state index is 11.8. The van der Waals surface area contributed by atoms with Crippen LogP contribution in [0.3, 0.4) is 0 Å². The van der Waals surface area contributed by atoms with Gasteiger partial charge in [-0.1, -0.05) is 5.16 Å². The first kappa shape index (κ1) is 16.1. The lowest BCUT2D eigenvalue weighted by molar-refractivity contribution is -0.117. The predicted octanol–water partition coefficient (Wildman–Crippen LogP) is 2.05.